The third-order valence-electron chi connectivity index (χ3n) is 14.8. The highest BCUT2D eigenvalue weighted by atomic mass is 15.0. The van der Waals surface area contributed by atoms with Crippen molar-refractivity contribution in [3.8, 4) is 24.5 Å². The van der Waals surface area contributed by atoms with Crippen LogP contribution in [0.3, 0.4) is 0 Å². The smallest absolute Gasteiger partial charge is 0.227 e. The lowest BCUT2D eigenvalue weighted by molar-refractivity contribution is 0.263. The third kappa shape index (κ3) is 12.3. The molecular weight excluding hydrogens is 817 g/mol. The van der Waals surface area contributed by atoms with Crippen molar-refractivity contribution in [2.45, 2.75) is 102 Å². The summed E-state index contributed by atoms with van der Waals surface area (Å²) in [5, 5.41) is 18.6. The van der Waals surface area contributed by atoms with Crippen molar-refractivity contribution in [3.05, 3.63) is 207 Å². The van der Waals surface area contributed by atoms with Crippen molar-refractivity contribution in [1.82, 2.24) is 0 Å². The average Bonchev–Trinajstić information content (AvgIpc) is 4.09. The van der Waals surface area contributed by atoms with E-state index in [0.29, 0.717) is 41.2 Å². The molecule has 6 heteroatoms. The van der Waals surface area contributed by atoms with E-state index in [1.54, 1.807) is 0 Å². The zero-order valence-corrected chi connectivity index (χ0v) is 39.1. The van der Waals surface area contributed by atoms with Crippen molar-refractivity contribution < 1.29 is 0 Å². The topological polar surface area (TPSA) is 65.0 Å². The maximum absolute atomic E-state index is 9.60. The van der Waals surface area contributed by atoms with Gasteiger partial charge in [0.25, 0.3) is 11.4 Å². The Morgan fingerprint density at radius 2 is 1.37 bits per heavy atom. The quantitative estimate of drug-likeness (QED) is 0.0828. The molecule has 10 atom stereocenters. The first-order chi connectivity index (χ1) is 32.7. The summed E-state index contributed by atoms with van der Waals surface area (Å²) in [5.74, 6) is 6.66. The molecule has 6 aliphatic rings. The van der Waals surface area contributed by atoms with Gasteiger partial charge in [-0.3, -0.25) is 0 Å². The molecule has 2 aromatic rings. The van der Waals surface area contributed by atoms with Crippen LogP contribution >= 0.6 is 0 Å². The molecule has 6 bridgehead atoms. The van der Waals surface area contributed by atoms with Gasteiger partial charge in [-0.05, 0) is 159 Å². The molecule has 336 valence electrons. The fraction of sp³-hybridized carbons (Fsp3) is 0.410. The van der Waals surface area contributed by atoms with Gasteiger partial charge >= 0.3 is 5.66 Å². The van der Waals surface area contributed by atoms with E-state index in [9.17, 15) is 5.26 Å². The van der Waals surface area contributed by atoms with Gasteiger partial charge in [-0.1, -0.05) is 111 Å². The normalized spacial score (nSPS) is 27.7. The third-order valence-corrected chi connectivity index (χ3v) is 14.8. The van der Waals surface area contributed by atoms with Crippen LogP contribution in [-0.4, -0.2) is 5.66 Å². The van der Waals surface area contributed by atoms with Gasteiger partial charge in [0.15, 0.2) is 6.42 Å². The number of terminal acetylenes is 1. The first-order valence-electron chi connectivity index (χ1n) is 23.8. The van der Waals surface area contributed by atoms with E-state index in [-0.39, 0.29) is 35.8 Å². The Kier molecular flexibility index (Phi) is 19.2. The van der Waals surface area contributed by atoms with E-state index in [0.717, 1.165) is 55.2 Å². The van der Waals surface area contributed by atoms with Crippen LogP contribution < -0.4 is 0 Å². The summed E-state index contributed by atoms with van der Waals surface area (Å²) >= 11 is 0. The highest BCUT2D eigenvalue weighted by Crippen LogP contribution is 2.57. The highest BCUT2D eigenvalue weighted by Gasteiger charge is 2.51. The molecule has 0 amide bonds. The second-order valence-electron chi connectivity index (χ2n) is 18.6. The lowest BCUT2D eigenvalue weighted by Crippen LogP contribution is -2.32. The van der Waals surface area contributed by atoms with E-state index in [4.69, 9.17) is 38.0 Å². The van der Waals surface area contributed by atoms with Crippen LogP contribution in [0.4, 0.5) is 0 Å². The van der Waals surface area contributed by atoms with Gasteiger partial charge in [-0.2, -0.15) is 0 Å². The Morgan fingerprint density at radius 1 is 0.776 bits per heavy atom. The van der Waals surface area contributed by atoms with Crippen molar-refractivity contribution in [3.63, 3.8) is 0 Å². The lowest BCUT2D eigenvalue weighted by Gasteiger charge is -2.41. The minimum absolute atomic E-state index is 0.0937. The Morgan fingerprint density at radius 3 is 1.96 bits per heavy atom. The number of benzene rings is 2. The summed E-state index contributed by atoms with van der Waals surface area (Å²) in [6, 6.07) is 24.9. The zero-order valence-electron chi connectivity index (χ0n) is 39.1. The summed E-state index contributed by atoms with van der Waals surface area (Å²) < 4.78 is 0. The van der Waals surface area contributed by atoms with Crippen LogP contribution in [0.25, 0.3) is 25.5 Å². The fourth-order valence-electron chi connectivity index (χ4n) is 11.8. The first-order valence-corrected chi connectivity index (χ1v) is 23.8. The number of nitrogens with zero attached hydrogens (tertiary/aromatic N) is 6. The summed E-state index contributed by atoms with van der Waals surface area (Å²) in [4.78, 5) is 14.0. The van der Waals surface area contributed by atoms with Crippen molar-refractivity contribution in [1.29, 1.82) is 10.5 Å². The van der Waals surface area contributed by atoms with Crippen molar-refractivity contribution >= 4 is 6.08 Å². The molecule has 67 heavy (non-hydrogen) atoms. The Balaban J connectivity index is 0.000000176. The molecule has 2 aromatic carbocycles. The molecule has 6 nitrogen and oxygen atoms in total. The molecule has 0 heterocycles. The predicted molar refractivity (Wildman–Crippen MR) is 271 cm³/mol. The van der Waals surface area contributed by atoms with Gasteiger partial charge < -0.3 is 0 Å². The minimum Gasteiger partial charge on any atom is -0.227 e. The zero-order chi connectivity index (χ0) is 48.2. The van der Waals surface area contributed by atoms with Crippen molar-refractivity contribution in [2.24, 2.45) is 53.3 Å². The van der Waals surface area contributed by atoms with E-state index in [1.165, 1.54) is 49.7 Å². The average molecular weight is 879 g/mol. The standard InChI is InChI=1S/C23H22N2.2C14H14N2.C10H12/c1-4-9-20-17-12-13-18(14-17)22(23(20)21(15-24)25-3)19(5-2)16-10-7-6-8-11-16;1-4-7-14(15-2,16-3)13-9-11-5-6-12(8-11)10-13;1-3-4-12-11-6-5-10(7-11)8-13(12)14(9-15)16-2;1-2-3-7-10-8-5-4-6-9-10/h5-11,17-20,22H,1-2,12-14H2;1,9,11-12H,5-8,10H2;4,10-12H,1,5-8H2;3-9H,2H2,1H3/b23-21-;;14-13+;7-3+/t17-,18+,19+,20+,22+;;10-,11+,12-;/m1.0./s1. The molecule has 0 aromatic heterocycles. The van der Waals surface area contributed by atoms with E-state index >= 15 is 0 Å². The molecule has 6 aliphatic carbocycles. The number of rotatable bonds is 9. The molecule has 0 N–H and O–H groups in total. The number of hydrogen-bond acceptors (Lipinski definition) is 2. The van der Waals surface area contributed by atoms with Crippen molar-refractivity contribution in [2.75, 3.05) is 0 Å². The second-order valence-corrected chi connectivity index (χ2v) is 18.6. The van der Waals surface area contributed by atoms with Gasteiger partial charge in [-0.25, -0.2) is 43.0 Å². The molecular formula is C61H62N6. The summed E-state index contributed by atoms with van der Waals surface area (Å²) in [6.07, 6.45) is 31.7. The van der Waals surface area contributed by atoms with E-state index in [2.05, 4.69) is 124 Å². The molecule has 2 unspecified atom stereocenters. The summed E-state index contributed by atoms with van der Waals surface area (Å²) in [6.45, 7) is 42.7. The van der Waals surface area contributed by atoms with Gasteiger partial charge in [0, 0.05) is 11.8 Å². The largest absolute Gasteiger partial charge is 0.516 e. The van der Waals surface area contributed by atoms with E-state index < -0.39 is 5.66 Å². The maximum atomic E-state index is 9.60. The molecule has 5 fully saturated rings. The molecule has 0 aliphatic heterocycles. The predicted octanol–water partition coefficient (Wildman–Crippen LogP) is 15.5. The number of hydrogen-bond donors (Lipinski definition) is 0. The molecule has 5 saturated carbocycles. The van der Waals surface area contributed by atoms with Crippen LogP contribution in [-0.2, 0) is 0 Å². The van der Waals surface area contributed by atoms with Crippen LogP contribution in [0.5, 0.6) is 0 Å². The number of nitriles is 2. The Hall–Kier alpha value is -7.32. The lowest BCUT2D eigenvalue weighted by atomic mass is 9.63. The van der Waals surface area contributed by atoms with E-state index in [1.807, 2.05) is 48.6 Å². The Bertz CT molecular complexity index is 2550. The van der Waals surface area contributed by atoms with Crippen LogP contribution in [0, 0.1) is 115 Å². The second kappa shape index (κ2) is 25.4. The maximum Gasteiger partial charge on any atom is 0.516 e. The SMILES string of the molecule is CC/C=C/c1ccccc1.[C-]#[N+]/C(C#N)=C1\C[C@H]2CC[C@H](C2)[C@@H]1C=C=C.[C-]#[N+]/C(C#N)=C1\[C@H]([C@@H](C=C)c2ccccc2)[C@H]2CC[C@H](C2)[C@@H]1C=C=C.[C-]#[N+]C(CC#C)([N+]#[C-])C1=CC2CCC(C1)C2. The van der Waals surface area contributed by atoms with Gasteiger partial charge in [0.1, 0.15) is 5.57 Å². The summed E-state index contributed by atoms with van der Waals surface area (Å²) in [7, 11) is 0. The van der Waals surface area contributed by atoms with Gasteiger partial charge in [0.05, 0.1) is 25.3 Å². The van der Waals surface area contributed by atoms with Crippen LogP contribution in [0.1, 0.15) is 107 Å². The fourth-order valence-corrected chi connectivity index (χ4v) is 11.8. The van der Waals surface area contributed by atoms with Gasteiger partial charge in [-0.15, -0.1) is 24.5 Å². The summed E-state index contributed by atoms with van der Waals surface area (Å²) in [5.41, 5.74) is 10.7. The number of fused-ring (bicyclic) bond motifs is 6. The minimum atomic E-state index is -1.09. The number of allylic oxidation sites excluding steroid dienone is 9. The van der Waals surface area contributed by atoms with Crippen LogP contribution in [0.2, 0.25) is 0 Å². The molecule has 0 saturated heterocycles. The molecule has 0 radical (unpaired) electrons. The van der Waals surface area contributed by atoms with Gasteiger partial charge in [0.2, 0.25) is 0 Å². The molecule has 8 rings (SSSR count). The highest BCUT2D eigenvalue weighted by molar-refractivity contribution is 5.48. The van der Waals surface area contributed by atoms with Crippen LogP contribution in [0.15, 0.2) is 150 Å². The monoisotopic (exact) mass is 879 g/mol. The molecule has 0 spiro atoms. The first kappa shape index (κ1) is 50.7. The Labute approximate surface area is 401 Å².